The van der Waals surface area contributed by atoms with Crippen LogP contribution in [0.4, 0.5) is 10.5 Å². The van der Waals surface area contributed by atoms with Crippen molar-refractivity contribution in [2.45, 2.75) is 33.7 Å². The Kier molecular flexibility index (Phi) is 3.66. The first kappa shape index (κ1) is 15.6. The van der Waals surface area contributed by atoms with E-state index in [2.05, 4.69) is 38.3 Å². The number of carbonyl (C=O) groups excluding carboxylic acids is 1. The van der Waals surface area contributed by atoms with Gasteiger partial charge in [0.2, 0.25) is 0 Å². The molecule has 0 atom stereocenters. The molecule has 1 aromatic rings. The second-order valence-corrected chi connectivity index (χ2v) is 6.88. The van der Waals surface area contributed by atoms with Crippen LogP contribution in [0.1, 0.15) is 38.1 Å². The first-order valence-corrected chi connectivity index (χ1v) is 7.05. The van der Waals surface area contributed by atoms with Crippen LogP contribution in [0.3, 0.4) is 0 Å². The third kappa shape index (κ3) is 2.70. The number of carboxylic acid groups (broad SMARTS) is 1. The molecule has 0 aromatic heterocycles. The number of aromatic carboxylic acids is 1. The summed E-state index contributed by atoms with van der Waals surface area (Å²) < 4.78 is 0. The lowest BCUT2D eigenvalue weighted by atomic mass is 10.0. The maximum Gasteiger partial charge on any atom is 0.337 e. The molecule has 0 unspecified atom stereocenters. The summed E-state index contributed by atoms with van der Waals surface area (Å²) in [4.78, 5) is 22.9. The maximum absolute atomic E-state index is 12.0. The number of anilines is 1. The number of amides is 2. The average molecular weight is 311 g/mol. The van der Waals surface area contributed by atoms with Gasteiger partial charge in [0.15, 0.2) is 0 Å². The van der Waals surface area contributed by atoms with E-state index in [1.54, 1.807) is 0 Å². The Balaban J connectivity index is 2.01. The molecule has 5 nitrogen and oxygen atoms in total. The monoisotopic (exact) mass is 310 g/mol. The fourth-order valence-corrected chi connectivity index (χ4v) is 2.88. The largest absolute Gasteiger partial charge is 0.478 e. The van der Waals surface area contributed by atoms with Crippen molar-refractivity contribution in [1.82, 2.24) is 5.32 Å². The number of carbonyl (C=O) groups is 2. The van der Waals surface area contributed by atoms with Gasteiger partial charge in [0.25, 0.3) is 0 Å². The molecule has 1 aliphatic rings. The number of rotatable bonds is 3. The van der Waals surface area contributed by atoms with Gasteiger partial charge in [0, 0.05) is 11.7 Å². The van der Waals surface area contributed by atoms with Crippen LogP contribution in [-0.2, 0) is 0 Å². The predicted molar refractivity (Wildman–Crippen MR) is 81.9 cm³/mol. The highest BCUT2D eigenvalue weighted by Crippen LogP contribution is 2.62. The molecule has 1 aromatic carbocycles. The lowest BCUT2D eigenvalue weighted by Crippen LogP contribution is -2.33. The average Bonchev–Trinajstić information content (AvgIpc) is 2.71. The van der Waals surface area contributed by atoms with Gasteiger partial charge >= 0.3 is 12.0 Å². The Hall–Kier alpha value is -1.75. The molecule has 0 bridgehead atoms. The first-order valence-electron chi connectivity index (χ1n) is 6.67. The highest BCUT2D eigenvalue weighted by atomic mass is 35.5. The molecule has 1 fully saturated rings. The third-order valence-electron chi connectivity index (χ3n) is 4.75. The molecule has 0 aliphatic heterocycles. The standard InChI is InChI=1S/C15H19ClN2O3/c1-14(2)12(15(14,3)4)18-13(21)17-8-5-6-9(11(19)20)10(16)7-8/h5-7,12H,1-4H3,(H,19,20)(H2,17,18,21). The molecule has 2 amide bonds. The van der Waals surface area contributed by atoms with Crippen LogP contribution in [-0.4, -0.2) is 23.1 Å². The van der Waals surface area contributed by atoms with Crippen LogP contribution in [0.25, 0.3) is 0 Å². The number of nitrogens with one attached hydrogen (secondary N) is 2. The van der Waals surface area contributed by atoms with Crippen molar-refractivity contribution in [2.24, 2.45) is 10.8 Å². The number of halogens is 1. The second kappa shape index (κ2) is 4.91. The summed E-state index contributed by atoms with van der Waals surface area (Å²) in [6.45, 7) is 8.43. The summed E-state index contributed by atoms with van der Waals surface area (Å²) in [5.74, 6) is -1.10. The fraction of sp³-hybridized carbons (Fsp3) is 0.467. The zero-order valence-corrected chi connectivity index (χ0v) is 13.2. The van der Waals surface area contributed by atoms with E-state index in [0.29, 0.717) is 5.69 Å². The van der Waals surface area contributed by atoms with E-state index in [4.69, 9.17) is 16.7 Å². The predicted octanol–water partition coefficient (Wildman–Crippen LogP) is 3.59. The SMILES string of the molecule is CC1(C)C(NC(=O)Nc2ccc(C(=O)O)c(Cl)c2)C1(C)C. The molecule has 3 N–H and O–H groups in total. The molecule has 0 spiro atoms. The number of urea groups is 1. The van der Waals surface area contributed by atoms with Crippen molar-refractivity contribution in [2.75, 3.05) is 5.32 Å². The van der Waals surface area contributed by atoms with Gasteiger partial charge in [-0.3, -0.25) is 0 Å². The topological polar surface area (TPSA) is 78.4 Å². The minimum absolute atomic E-state index is 0.00656. The van der Waals surface area contributed by atoms with Crippen LogP contribution >= 0.6 is 11.6 Å². The summed E-state index contributed by atoms with van der Waals surface area (Å²) in [6.07, 6.45) is 0. The van der Waals surface area contributed by atoms with E-state index >= 15 is 0 Å². The van der Waals surface area contributed by atoms with Crippen molar-refractivity contribution < 1.29 is 14.7 Å². The van der Waals surface area contributed by atoms with Crippen LogP contribution in [0.5, 0.6) is 0 Å². The van der Waals surface area contributed by atoms with Gasteiger partial charge < -0.3 is 15.7 Å². The maximum atomic E-state index is 12.0. The Morgan fingerprint density at radius 1 is 1.19 bits per heavy atom. The third-order valence-corrected chi connectivity index (χ3v) is 5.07. The molecule has 6 heteroatoms. The minimum Gasteiger partial charge on any atom is -0.478 e. The molecule has 0 heterocycles. The van der Waals surface area contributed by atoms with E-state index < -0.39 is 5.97 Å². The molecule has 0 saturated heterocycles. The highest BCUT2D eigenvalue weighted by molar-refractivity contribution is 6.33. The Bertz CT molecular complexity index is 597. The lowest BCUT2D eigenvalue weighted by Gasteiger charge is -2.10. The van der Waals surface area contributed by atoms with Gasteiger partial charge in [0.05, 0.1) is 10.6 Å². The number of hydrogen-bond acceptors (Lipinski definition) is 2. The number of hydrogen-bond donors (Lipinski definition) is 3. The van der Waals surface area contributed by atoms with Crippen LogP contribution in [0.2, 0.25) is 5.02 Å². The Labute approximate surface area is 128 Å². The van der Waals surface area contributed by atoms with Gasteiger partial charge in [-0.05, 0) is 29.0 Å². The van der Waals surface area contributed by atoms with Gasteiger partial charge in [-0.25, -0.2) is 9.59 Å². The van der Waals surface area contributed by atoms with Gasteiger partial charge in [-0.1, -0.05) is 39.3 Å². The Morgan fingerprint density at radius 2 is 1.76 bits per heavy atom. The number of benzene rings is 1. The molecule has 114 valence electrons. The Morgan fingerprint density at radius 3 is 2.19 bits per heavy atom. The van der Waals surface area contributed by atoms with Gasteiger partial charge in [0.1, 0.15) is 0 Å². The zero-order valence-electron chi connectivity index (χ0n) is 12.5. The summed E-state index contributed by atoms with van der Waals surface area (Å²) in [5, 5.41) is 14.6. The van der Waals surface area contributed by atoms with Gasteiger partial charge in [-0.15, -0.1) is 0 Å². The summed E-state index contributed by atoms with van der Waals surface area (Å²) >= 11 is 5.86. The molecule has 2 rings (SSSR count). The molecular formula is C15H19ClN2O3. The van der Waals surface area contributed by atoms with Crippen LogP contribution in [0.15, 0.2) is 18.2 Å². The molecule has 1 saturated carbocycles. The fourth-order valence-electron chi connectivity index (χ4n) is 2.62. The molecular weight excluding hydrogens is 292 g/mol. The second-order valence-electron chi connectivity index (χ2n) is 6.47. The van der Waals surface area contributed by atoms with Crippen molar-refractivity contribution >= 4 is 29.3 Å². The van der Waals surface area contributed by atoms with Crippen molar-refractivity contribution in [3.63, 3.8) is 0 Å². The molecule has 0 radical (unpaired) electrons. The highest BCUT2D eigenvalue weighted by Gasteiger charge is 2.65. The normalized spacial score (nSPS) is 18.9. The van der Waals surface area contributed by atoms with Gasteiger partial charge in [-0.2, -0.15) is 0 Å². The summed E-state index contributed by atoms with van der Waals surface area (Å²) in [6, 6.07) is 4.08. The zero-order chi connectivity index (χ0) is 16.0. The first-order chi connectivity index (χ1) is 9.57. The smallest absolute Gasteiger partial charge is 0.337 e. The van der Waals surface area contributed by atoms with E-state index in [9.17, 15) is 9.59 Å². The van der Waals surface area contributed by atoms with Crippen molar-refractivity contribution in [3.8, 4) is 0 Å². The molecule has 21 heavy (non-hydrogen) atoms. The quantitative estimate of drug-likeness (QED) is 0.798. The van der Waals surface area contributed by atoms with Crippen LogP contribution in [0, 0.1) is 10.8 Å². The van der Waals surface area contributed by atoms with Crippen LogP contribution < -0.4 is 10.6 Å². The van der Waals surface area contributed by atoms with E-state index in [0.717, 1.165) is 0 Å². The van der Waals surface area contributed by atoms with E-state index in [-0.39, 0.29) is 33.5 Å². The minimum atomic E-state index is -1.10. The van der Waals surface area contributed by atoms with E-state index in [1.165, 1.54) is 18.2 Å². The summed E-state index contributed by atoms with van der Waals surface area (Å²) in [5.41, 5.74) is 0.565. The van der Waals surface area contributed by atoms with E-state index in [1.807, 2.05) is 0 Å². The number of carboxylic acids is 1. The summed E-state index contributed by atoms with van der Waals surface area (Å²) in [7, 11) is 0. The lowest BCUT2D eigenvalue weighted by molar-refractivity contribution is 0.0697. The van der Waals surface area contributed by atoms with Crippen molar-refractivity contribution in [1.29, 1.82) is 0 Å². The molecule has 1 aliphatic carbocycles. The van der Waals surface area contributed by atoms with Crippen molar-refractivity contribution in [3.05, 3.63) is 28.8 Å².